The molecule has 1 heterocycles. The van der Waals surface area contributed by atoms with E-state index >= 15 is 0 Å². The van der Waals surface area contributed by atoms with Crippen LogP contribution >= 0.6 is 11.6 Å². The minimum atomic E-state index is -3.61. The summed E-state index contributed by atoms with van der Waals surface area (Å²) < 4.78 is 27.5. The molecule has 7 heteroatoms. The van der Waals surface area contributed by atoms with E-state index in [0.29, 0.717) is 22.0 Å². The second-order valence-electron chi connectivity index (χ2n) is 6.14. The van der Waals surface area contributed by atoms with Gasteiger partial charge in [0.15, 0.2) is 0 Å². The van der Waals surface area contributed by atoms with Gasteiger partial charge in [-0.3, -0.25) is 9.10 Å². The molecule has 0 saturated heterocycles. The summed E-state index contributed by atoms with van der Waals surface area (Å²) >= 11 is 5.97. The van der Waals surface area contributed by atoms with Gasteiger partial charge in [-0.15, -0.1) is 0 Å². The number of rotatable bonds is 3. The summed E-state index contributed by atoms with van der Waals surface area (Å²) in [5.41, 5.74) is 1.77. The lowest BCUT2D eigenvalue weighted by molar-refractivity contribution is -0.117. The SMILES string of the molecule is CC(=O)N1c2ccccc2N(S(=O)(=O)Cc2cccc(Cl)c2)C[C@@H]1C. The Morgan fingerprint density at radius 2 is 1.84 bits per heavy atom. The lowest BCUT2D eigenvalue weighted by Crippen LogP contribution is -2.51. The molecule has 132 valence electrons. The summed E-state index contributed by atoms with van der Waals surface area (Å²) in [6.07, 6.45) is 0. The van der Waals surface area contributed by atoms with Crippen molar-refractivity contribution in [3.8, 4) is 0 Å². The van der Waals surface area contributed by atoms with Crippen molar-refractivity contribution in [2.75, 3.05) is 15.7 Å². The molecule has 5 nitrogen and oxygen atoms in total. The van der Waals surface area contributed by atoms with Crippen molar-refractivity contribution in [1.82, 2.24) is 0 Å². The molecule has 0 aromatic heterocycles. The van der Waals surface area contributed by atoms with Crippen LogP contribution in [-0.2, 0) is 20.6 Å². The maximum absolute atomic E-state index is 13.0. The van der Waals surface area contributed by atoms with Crippen LogP contribution in [0.4, 0.5) is 11.4 Å². The van der Waals surface area contributed by atoms with Gasteiger partial charge in [0.2, 0.25) is 15.9 Å². The Labute approximate surface area is 152 Å². The lowest BCUT2D eigenvalue weighted by Gasteiger charge is -2.41. The highest BCUT2D eigenvalue weighted by Gasteiger charge is 2.35. The third-order valence-electron chi connectivity index (χ3n) is 4.19. The standard InChI is InChI=1S/C18H19ClN2O3S/c1-13-11-20(17-8-3-4-9-18(17)21(13)14(2)22)25(23,24)12-15-6-5-7-16(19)10-15/h3-10,13H,11-12H2,1-2H3/t13-/m0/s1. The molecule has 25 heavy (non-hydrogen) atoms. The first-order valence-electron chi connectivity index (χ1n) is 7.93. The summed E-state index contributed by atoms with van der Waals surface area (Å²) in [6.45, 7) is 3.56. The van der Waals surface area contributed by atoms with Crippen LogP contribution in [-0.4, -0.2) is 26.9 Å². The highest BCUT2D eigenvalue weighted by Crippen LogP contribution is 2.37. The zero-order valence-electron chi connectivity index (χ0n) is 14.0. The molecule has 1 atom stereocenters. The van der Waals surface area contributed by atoms with Crippen molar-refractivity contribution in [3.05, 3.63) is 59.1 Å². The molecule has 0 bridgehead atoms. The van der Waals surface area contributed by atoms with E-state index in [9.17, 15) is 13.2 Å². The Morgan fingerprint density at radius 3 is 2.48 bits per heavy atom. The monoisotopic (exact) mass is 378 g/mol. The number of hydrogen-bond donors (Lipinski definition) is 0. The van der Waals surface area contributed by atoms with Crippen molar-refractivity contribution in [2.45, 2.75) is 25.6 Å². The highest BCUT2D eigenvalue weighted by atomic mass is 35.5. The quantitative estimate of drug-likeness (QED) is 0.822. The fraction of sp³-hybridized carbons (Fsp3) is 0.278. The van der Waals surface area contributed by atoms with Gasteiger partial charge in [0.1, 0.15) is 0 Å². The molecule has 0 N–H and O–H groups in total. The number of para-hydroxylation sites is 2. The maximum atomic E-state index is 13.0. The molecule has 1 aliphatic heterocycles. The van der Waals surface area contributed by atoms with Crippen molar-refractivity contribution >= 4 is 38.9 Å². The van der Waals surface area contributed by atoms with E-state index in [1.165, 1.54) is 11.2 Å². The minimum Gasteiger partial charge on any atom is -0.306 e. The van der Waals surface area contributed by atoms with Crippen LogP contribution in [0.3, 0.4) is 0 Å². The van der Waals surface area contributed by atoms with E-state index in [1.54, 1.807) is 53.4 Å². The fourth-order valence-corrected chi connectivity index (χ4v) is 5.06. The first kappa shape index (κ1) is 17.8. The van der Waals surface area contributed by atoms with E-state index < -0.39 is 10.0 Å². The largest absolute Gasteiger partial charge is 0.306 e. The van der Waals surface area contributed by atoms with Gasteiger partial charge < -0.3 is 4.90 Å². The average Bonchev–Trinajstić information content (AvgIpc) is 2.53. The molecular formula is C18H19ClN2O3S. The van der Waals surface area contributed by atoms with Gasteiger partial charge in [-0.1, -0.05) is 35.9 Å². The van der Waals surface area contributed by atoms with Gasteiger partial charge in [0.05, 0.1) is 29.7 Å². The van der Waals surface area contributed by atoms with E-state index in [1.807, 2.05) is 6.92 Å². The Bertz CT molecular complexity index is 914. The number of sulfonamides is 1. The smallest absolute Gasteiger partial charge is 0.239 e. The molecule has 2 aromatic carbocycles. The maximum Gasteiger partial charge on any atom is 0.239 e. The topological polar surface area (TPSA) is 57.7 Å². The molecule has 2 aromatic rings. The van der Waals surface area contributed by atoms with E-state index in [-0.39, 0.29) is 24.2 Å². The summed E-state index contributed by atoms with van der Waals surface area (Å²) in [4.78, 5) is 13.6. The number of benzene rings is 2. The summed E-state index contributed by atoms with van der Waals surface area (Å²) in [5, 5.41) is 0.503. The average molecular weight is 379 g/mol. The normalized spacial score (nSPS) is 17.3. The highest BCUT2D eigenvalue weighted by molar-refractivity contribution is 7.92. The Balaban J connectivity index is 2.01. The van der Waals surface area contributed by atoms with Crippen LogP contribution in [0, 0.1) is 0 Å². The number of nitrogens with zero attached hydrogens (tertiary/aromatic N) is 2. The molecule has 1 amide bonds. The van der Waals surface area contributed by atoms with Crippen LogP contribution in [0.2, 0.25) is 5.02 Å². The number of hydrogen-bond acceptors (Lipinski definition) is 3. The number of carbonyl (C=O) groups excluding carboxylic acids is 1. The number of fused-ring (bicyclic) bond motifs is 1. The van der Waals surface area contributed by atoms with E-state index in [2.05, 4.69) is 0 Å². The van der Waals surface area contributed by atoms with Gasteiger partial charge in [-0.05, 0) is 36.8 Å². The zero-order chi connectivity index (χ0) is 18.2. The van der Waals surface area contributed by atoms with E-state index in [4.69, 9.17) is 11.6 Å². The Kier molecular flexibility index (Phi) is 4.75. The fourth-order valence-electron chi connectivity index (χ4n) is 3.19. The first-order valence-corrected chi connectivity index (χ1v) is 9.92. The van der Waals surface area contributed by atoms with Crippen LogP contribution in [0.25, 0.3) is 0 Å². The third kappa shape index (κ3) is 3.50. The van der Waals surface area contributed by atoms with E-state index in [0.717, 1.165) is 0 Å². The number of anilines is 2. The molecule has 0 unspecified atom stereocenters. The lowest BCUT2D eigenvalue weighted by atomic mass is 10.1. The minimum absolute atomic E-state index is 0.105. The number of amides is 1. The van der Waals surface area contributed by atoms with Crippen LogP contribution in [0.15, 0.2) is 48.5 Å². The first-order chi connectivity index (χ1) is 11.8. The summed E-state index contributed by atoms with van der Waals surface area (Å²) in [7, 11) is -3.61. The van der Waals surface area contributed by atoms with Crippen LogP contribution in [0.5, 0.6) is 0 Å². The third-order valence-corrected chi connectivity index (χ3v) is 6.14. The second-order valence-corrected chi connectivity index (χ2v) is 8.47. The second kappa shape index (κ2) is 6.69. The molecule has 1 aliphatic rings. The van der Waals surface area contributed by atoms with Crippen molar-refractivity contribution in [2.24, 2.45) is 0 Å². The van der Waals surface area contributed by atoms with Gasteiger partial charge in [0.25, 0.3) is 0 Å². The molecule has 0 saturated carbocycles. The van der Waals surface area contributed by atoms with Gasteiger partial charge in [-0.25, -0.2) is 8.42 Å². The van der Waals surface area contributed by atoms with Crippen LogP contribution < -0.4 is 9.21 Å². The molecule has 0 radical (unpaired) electrons. The van der Waals surface area contributed by atoms with Crippen molar-refractivity contribution in [3.63, 3.8) is 0 Å². The molecule has 0 fully saturated rings. The van der Waals surface area contributed by atoms with Gasteiger partial charge in [-0.2, -0.15) is 0 Å². The van der Waals surface area contributed by atoms with Gasteiger partial charge >= 0.3 is 0 Å². The summed E-state index contributed by atoms with van der Waals surface area (Å²) in [5.74, 6) is -0.249. The van der Waals surface area contributed by atoms with Crippen LogP contribution in [0.1, 0.15) is 19.4 Å². The Hall–Kier alpha value is -2.05. The predicted octanol–water partition coefficient (Wildman–Crippen LogP) is 3.43. The summed E-state index contributed by atoms with van der Waals surface area (Å²) in [6, 6.07) is 13.7. The molecule has 0 aliphatic carbocycles. The number of carbonyl (C=O) groups is 1. The number of halogens is 1. The Morgan fingerprint density at radius 1 is 1.16 bits per heavy atom. The molecular weight excluding hydrogens is 360 g/mol. The van der Waals surface area contributed by atoms with Crippen molar-refractivity contribution < 1.29 is 13.2 Å². The zero-order valence-corrected chi connectivity index (χ0v) is 15.6. The predicted molar refractivity (Wildman–Crippen MR) is 100 cm³/mol. The van der Waals surface area contributed by atoms with Gasteiger partial charge in [0, 0.05) is 11.9 Å². The molecule has 0 spiro atoms. The molecule has 3 rings (SSSR count). The van der Waals surface area contributed by atoms with Crippen molar-refractivity contribution in [1.29, 1.82) is 0 Å².